The van der Waals surface area contributed by atoms with E-state index in [1.807, 2.05) is 0 Å². The number of carbonyl (C=O) groups excluding carboxylic acids is 1. The Bertz CT molecular complexity index is 564. The summed E-state index contributed by atoms with van der Waals surface area (Å²) in [6.45, 7) is 0. The second kappa shape index (κ2) is 4.52. The molecule has 0 fully saturated rings. The standard InChI is InChI=1S/C12H8N2O3/c15-8-10-2-1-3-12(13-10)9-4-6-11(7-5-9)14(16)17/h1-8H. The summed E-state index contributed by atoms with van der Waals surface area (Å²) in [4.78, 5) is 24.7. The second-order valence-electron chi connectivity index (χ2n) is 3.37. The van der Waals surface area contributed by atoms with Crippen molar-refractivity contribution in [1.29, 1.82) is 0 Å². The van der Waals surface area contributed by atoms with Crippen LogP contribution in [0.1, 0.15) is 10.5 Å². The molecule has 0 aliphatic carbocycles. The normalized spacial score (nSPS) is 9.88. The highest BCUT2D eigenvalue weighted by Gasteiger charge is 2.06. The van der Waals surface area contributed by atoms with Gasteiger partial charge in [-0.15, -0.1) is 0 Å². The van der Waals surface area contributed by atoms with Crippen molar-refractivity contribution in [3.63, 3.8) is 0 Å². The van der Waals surface area contributed by atoms with Crippen LogP contribution in [0.5, 0.6) is 0 Å². The van der Waals surface area contributed by atoms with Gasteiger partial charge in [0, 0.05) is 17.7 Å². The molecular formula is C12H8N2O3. The maximum atomic E-state index is 10.6. The third-order valence-corrected chi connectivity index (χ3v) is 2.27. The molecule has 0 amide bonds. The van der Waals surface area contributed by atoms with Gasteiger partial charge in [0.1, 0.15) is 5.69 Å². The molecule has 2 aromatic rings. The number of carbonyl (C=O) groups is 1. The number of hydrogen-bond acceptors (Lipinski definition) is 4. The molecule has 0 radical (unpaired) electrons. The van der Waals surface area contributed by atoms with Crippen LogP contribution in [0, 0.1) is 10.1 Å². The van der Waals surface area contributed by atoms with Gasteiger partial charge in [0.25, 0.3) is 5.69 Å². The fraction of sp³-hybridized carbons (Fsp3) is 0. The van der Waals surface area contributed by atoms with E-state index in [1.165, 1.54) is 12.1 Å². The summed E-state index contributed by atoms with van der Waals surface area (Å²) in [5.41, 5.74) is 1.71. The second-order valence-corrected chi connectivity index (χ2v) is 3.37. The van der Waals surface area contributed by atoms with Crippen LogP contribution in [0.3, 0.4) is 0 Å². The van der Waals surface area contributed by atoms with Gasteiger partial charge < -0.3 is 0 Å². The van der Waals surface area contributed by atoms with E-state index < -0.39 is 4.92 Å². The number of pyridine rings is 1. The molecule has 0 aliphatic rings. The zero-order valence-electron chi connectivity index (χ0n) is 8.74. The molecule has 1 aromatic heterocycles. The van der Waals surface area contributed by atoms with E-state index in [0.717, 1.165) is 5.56 Å². The molecule has 2 rings (SSSR count). The van der Waals surface area contributed by atoms with E-state index >= 15 is 0 Å². The topological polar surface area (TPSA) is 73.1 Å². The maximum absolute atomic E-state index is 10.6. The van der Waals surface area contributed by atoms with E-state index in [-0.39, 0.29) is 5.69 Å². The van der Waals surface area contributed by atoms with E-state index in [4.69, 9.17) is 0 Å². The summed E-state index contributed by atoms with van der Waals surface area (Å²) in [5.74, 6) is 0. The van der Waals surface area contributed by atoms with Gasteiger partial charge in [-0.25, -0.2) is 4.98 Å². The van der Waals surface area contributed by atoms with Crippen molar-refractivity contribution >= 4 is 12.0 Å². The maximum Gasteiger partial charge on any atom is 0.269 e. The molecule has 1 heterocycles. The van der Waals surface area contributed by atoms with Crippen molar-refractivity contribution in [2.75, 3.05) is 0 Å². The Kier molecular flexibility index (Phi) is 2.91. The van der Waals surface area contributed by atoms with Crippen molar-refractivity contribution in [1.82, 2.24) is 4.98 Å². The lowest BCUT2D eigenvalue weighted by Crippen LogP contribution is -1.91. The highest BCUT2D eigenvalue weighted by atomic mass is 16.6. The molecule has 0 atom stereocenters. The number of aldehydes is 1. The van der Waals surface area contributed by atoms with E-state index in [9.17, 15) is 14.9 Å². The molecule has 0 unspecified atom stereocenters. The van der Waals surface area contributed by atoms with Crippen molar-refractivity contribution in [2.45, 2.75) is 0 Å². The van der Waals surface area contributed by atoms with Crippen LogP contribution in [-0.4, -0.2) is 16.2 Å². The Hall–Kier alpha value is -2.56. The number of non-ortho nitro benzene ring substituents is 1. The van der Waals surface area contributed by atoms with Crippen LogP contribution in [0.15, 0.2) is 42.5 Å². The van der Waals surface area contributed by atoms with Gasteiger partial charge in [-0.1, -0.05) is 6.07 Å². The Morgan fingerprint density at radius 3 is 2.41 bits per heavy atom. The summed E-state index contributed by atoms with van der Waals surface area (Å²) in [7, 11) is 0. The minimum atomic E-state index is -0.459. The number of nitrogens with zero attached hydrogens (tertiary/aromatic N) is 2. The molecule has 1 aromatic carbocycles. The molecule has 0 spiro atoms. The first kappa shape index (κ1) is 10.9. The molecule has 5 nitrogen and oxygen atoms in total. The van der Waals surface area contributed by atoms with Gasteiger partial charge in [0.2, 0.25) is 0 Å². The van der Waals surface area contributed by atoms with Crippen LogP contribution in [0.2, 0.25) is 0 Å². The number of aromatic nitrogens is 1. The first-order valence-electron chi connectivity index (χ1n) is 4.88. The van der Waals surface area contributed by atoms with Gasteiger partial charge in [-0.3, -0.25) is 14.9 Å². The van der Waals surface area contributed by atoms with Gasteiger partial charge in [-0.05, 0) is 24.3 Å². The average Bonchev–Trinajstić information content (AvgIpc) is 2.39. The molecule has 17 heavy (non-hydrogen) atoms. The molecule has 0 saturated heterocycles. The largest absolute Gasteiger partial charge is 0.296 e. The molecule has 84 valence electrons. The van der Waals surface area contributed by atoms with E-state index in [1.54, 1.807) is 30.3 Å². The molecule has 0 bridgehead atoms. The van der Waals surface area contributed by atoms with Crippen molar-refractivity contribution in [3.05, 3.63) is 58.3 Å². The first-order valence-corrected chi connectivity index (χ1v) is 4.88. The summed E-state index contributed by atoms with van der Waals surface area (Å²) >= 11 is 0. The zero-order valence-corrected chi connectivity index (χ0v) is 8.74. The van der Waals surface area contributed by atoms with Crippen LogP contribution >= 0.6 is 0 Å². The smallest absolute Gasteiger partial charge is 0.269 e. The third kappa shape index (κ3) is 2.34. The van der Waals surface area contributed by atoms with E-state index in [2.05, 4.69) is 4.98 Å². The highest BCUT2D eigenvalue weighted by Crippen LogP contribution is 2.20. The molecule has 0 aliphatic heterocycles. The van der Waals surface area contributed by atoms with Gasteiger partial charge in [0.15, 0.2) is 6.29 Å². The van der Waals surface area contributed by atoms with Gasteiger partial charge in [0.05, 0.1) is 10.6 Å². The number of rotatable bonds is 3. The lowest BCUT2D eigenvalue weighted by atomic mass is 10.1. The molecule has 0 saturated carbocycles. The van der Waals surface area contributed by atoms with Crippen molar-refractivity contribution in [2.24, 2.45) is 0 Å². The number of nitro groups is 1. The summed E-state index contributed by atoms with van der Waals surface area (Å²) in [6.07, 6.45) is 0.662. The van der Waals surface area contributed by atoms with Crippen LogP contribution in [0.4, 0.5) is 5.69 Å². The number of nitro benzene ring substituents is 1. The summed E-state index contributed by atoms with van der Waals surface area (Å²) in [5, 5.41) is 10.5. The first-order chi connectivity index (χ1) is 8.20. The Morgan fingerprint density at radius 1 is 1.12 bits per heavy atom. The predicted octanol–water partition coefficient (Wildman–Crippen LogP) is 2.47. The van der Waals surface area contributed by atoms with Gasteiger partial charge in [-0.2, -0.15) is 0 Å². The summed E-state index contributed by atoms with van der Waals surface area (Å²) < 4.78 is 0. The van der Waals surface area contributed by atoms with Gasteiger partial charge >= 0.3 is 0 Å². The van der Waals surface area contributed by atoms with Crippen LogP contribution in [0.25, 0.3) is 11.3 Å². The SMILES string of the molecule is O=Cc1cccc(-c2ccc([N+](=O)[O-])cc2)n1. The number of hydrogen-bond donors (Lipinski definition) is 0. The predicted molar refractivity (Wildman–Crippen MR) is 61.7 cm³/mol. The molecule has 5 heteroatoms. The average molecular weight is 228 g/mol. The number of benzene rings is 1. The van der Waals surface area contributed by atoms with E-state index in [0.29, 0.717) is 17.7 Å². The lowest BCUT2D eigenvalue weighted by Gasteiger charge is -2.00. The quantitative estimate of drug-likeness (QED) is 0.459. The molecular weight excluding hydrogens is 220 g/mol. The highest BCUT2D eigenvalue weighted by molar-refractivity contribution is 5.73. The fourth-order valence-electron chi connectivity index (χ4n) is 1.43. The van der Waals surface area contributed by atoms with Crippen molar-refractivity contribution in [3.8, 4) is 11.3 Å². The molecule has 0 N–H and O–H groups in total. The minimum absolute atomic E-state index is 0.0280. The zero-order chi connectivity index (χ0) is 12.3. The van der Waals surface area contributed by atoms with Crippen LogP contribution in [-0.2, 0) is 0 Å². The Morgan fingerprint density at radius 2 is 1.82 bits per heavy atom. The van der Waals surface area contributed by atoms with Crippen LogP contribution < -0.4 is 0 Å². The lowest BCUT2D eigenvalue weighted by molar-refractivity contribution is -0.384. The monoisotopic (exact) mass is 228 g/mol. The van der Waals surface area contributed by atoms with Crippen molar-refractivity contribution < 1.29 is 9.72 Å². The summed E-state index contributed by atoms with van der Waals surface area (Å²) in [6, 6.07) is 11.1. The fourth-order valence-corrected chi connectivity index (χ4v) is 1.43. The minimum Gasteiger partial charge on any atom is -0.296 e. The Labute approximate surface area is 96.9 Å². The third-order valence-electron chi connectivity index (χ3n) is 2.27. The Balaban J connectivity index is 2.39.